The van der Waals surface area contributed by atoms with Crippen molar-refractivity contribution in [2.24, 2.45) is 0 Å². The fourth-order valence-corrected chi connectivity index (χ4v) is 4.32. The van der Waals surface area contributed by atoms with Crippen LogP contribution in [0, 0.1) is 5.82 Å². The Labute approximate surface area is 210 Å². The number of para-hydroxylation sites is 2. The zero-order valence-electron chi connectivity index (χ0n) is 20.8. The van der Waals surface area contributed by atoms with Crippen molar-refractivity contribution in [2.75, 3.05) is 48.4 Å². The lowest BCUT2D eigenvalue weighted by Crippen LogP contribution is -2.47. The molecule has 0 bridgehead atoms. The van der Waals surface area contributed by atoms with Gasteiger partial charge in [-0.2, -0.15) is 0 Å². The van der Waals surface area contributed by atoms with Crippen LogP contribution >= 0.6 is 0 Å². The molecule has 1 saturated heterocycles. The number of carbonyl (C=O) groups excluding carboxylic acids is 2. The van der Waals surface area contributed by atoms with E-state index in [1.54, 1.807) is 25.3 Å². The number of nitrogens with zero attached hydrogens (tertiary/aromatic N) is 2. The molecule has 36 heavy (non-hydrogen) atoms. The Bertz CT molecular complexity index is 1240. The summed E-state index contributed by atoms with van der Waals surface area (Å²) in [6.45, 7) is 6.77. The van der Waals surface area contributed by atoms with E-state index in [1.165, 1.54) is 18.2 Å². The number of hydrogen-bond acceptors (Lipinski definition) is 5. The molecule has 2 N–H and O–H groups in total. The van der Waals surface area contributed by atoms with Crippen LogP contribution in [0.25, 0.3) is 0 Å². The summed E-state index contributed by atoms with van der Waals surface area (Å²) in [5, 5.41) is 5.73. The second-order valence-electron chi connectivity index (χ2n) is 8.97. The molecule has 1 fully saturated rings. The first-order chi connectivity index (χ1) is 17.4. The van der Waals surface area contributed by atoms with Gasteiger partial charge in [0.25, 0.3) is 11.8 Å². The summed E-state index contributed by atoms with van der Waals surface area (Å²) in [6, 6.07) is 18.7. The molecule has 0 aliphatic carbocycles. The molecule has 0 radical (unpaired) electrons. The molecule has 3 aromatic rings. The van der Waals surface area contributed by atoms with Crippen molar-refractivity contribution in [3.63, 3.8) is 0 Å². The third-order valence-electron chi connectivity index (χ3n) is 6.05. The minimum atomic E-state index is -0.484. The Morgan fingerprint density at radius 2 is 1.56 bits per heavy atom. The van der Waals surface area contributed by atoms with Gasteiger partial charge in [-0.25, -0.2) is 4.39 Å². The van der Waals surface area contributed by atoms with Crippen LogP contribution in [0.4, 0.5) is 21.5 Å². The maximum atomic E-state index is 13.5. The third kappa shape index (κ3) is 5.76. The maximum absolute atomic E-state index is 13.5. The van der Waals surface area contributed by atoms with Gasteiger partial charge >= 0.3 is 0 Å². The predicted octanol–water partition coefficient (Wildman–Crippen LogP) is 4.55. The van der Waals surface area contributed by atoms with Gasteiger partial charge in [-0.15, -0.1) is 0 Å². The average Bonchev–Trinajstić information content (AvgIpc) is 2.88. The van der Waals surface area contributed by atoms with E-state index >= 15 is 0 Å². The molecule has 1 aliphatic rings. The first-order valence-electron chi connectivity index (χ1n) is 12.0. The monoisotopic (exact) mass is 490 g/mol. The van der Waals surface area contributed by atoms with Gasteiger partial charge in [-0.1, -0.05) is 18.2 Å². The van der Waals surface area contributed by atoms with E-state index in [4.69, 9.17) is 4.74 Å². The lowest BCUT2D eigenvalue weighted by atomic mass is 10.1. The molecule has 0 atom stereocenters. The van der Waals surface area contributed by atoms with Gasteiger partial charge in [0, 0.05) is 49.2 Å². The molecule has 0 unspecified atom stereocenters. The smallest absolute Gasteiger partial charge is 0.255 e. The molecule has 0 aromatic heterocycles. The Kier molecular flexibility index (Phi) is 7.73. The summed E-state index contributed by atoms with van der Waals surface area (Å²) in [6.07, 6.45) is 0. The Morgan fingerprint density at radius 3 is 2.22 bits per heavy atom. The highest BCUT2D eigenvalue weighted by Gasteiger charge is 2.24. The normalized spacial score (nSPS) is 13.5. The first kappa shape index (κ1) is 25.0. The van der Waals surface area contributed by atoms with Gasteiger partial charge in [0.1, 0.15) is 11.6 Å². The van der Waals surface area contributed by atoms with E-state index in [0.29, 0.717) is 11.3 Å². The van der Waals surface area contributed by atoms with E-state index in [9.17, 15) is 14.0 Å². The molecule has 8 heteroatoms. The summed E-state index contributed by atoms with van der Waals surface area (Å²) in [4.78, 5) is 30.2. The van der Waals surface area contributed by atoms with E-state index in [0.717, 1.165) is 43.3 Å². The lowest BCUT2D eigenvalue weighted by Gasteiger charge is -2.38. The van der Waals surface area contributed by atoms with E-state index in [1.807, 2.05) is 44.2 Å². The number of rotatable bonds is 7. The number of piperazine rings is 1. The van der Waals surface area contributed by atoms with Crippen molar-refractivity contribution >= 4 is 28.9 Å². The summed E-state index contributed by atoms with van der Waals surface area (Å²) in [5.74, 6) is -0.305. The number of benzene rings is 3. The fraction of sp³-hybridized carbons (Fsp3) is 0.286. The highest BCUT2D eigenvalue weighted by Crippen LogP contribution is 2.31. The van der Waals surface area contributed by atoms with Gasteiger partial charge < -0.3 is 25.2 Å². The summed E-state index contributed by atoms with van der Waals surface area (Å²) in [7, 11) is 1.67. The van der Waals surface area contributed by atoms with Crippen LogP contribution in [0.3, 0.4) is 0 Å². The molecule has 0 saturated carbocycles. The standard InChI is InChI=1S/C28H31FN4O3/c1-19(2)30-28(35)23-18-22(31-27(34)20-7-6-8-21(29)17-20)11-12-24(23)32-13-15-33(16-14-32)25-9-4-5-10-26(25)36-3/h4-12,17-19H,13-16H2,1-3H3,(H,30,35)(H,31,34). The van der Waals surface area contributed by atoms with Crippen molar-refractivity contribution in [3.05, 3.63) is 83.7 Å². The predicted molar refractivity (Wildman–Crippen MR) is 141 cm³/mol. The van der Waals surface area contributed by atoms with Gasteiger partial charge in [0.2, 0.25) is 0 Å². The number of methoxy groups -OCH3 is 1. The first-order valence-corrected chi connectivity index (χ1v) is 12.0. The van der Waals surface area contributed by atoms with E-state index in [2.05, 4.69) is 20.4 Å². The highest BCUT2D eigenvalue weighted by molar-refractivity contribution is 6.06. The number of halogens is 1. The van der Waals surface area contributed by atoms with Crippen LogP contribution in [-0.2, 0) is 0 Å². The second kappa shape index (κ2) is 11.1. The van der Waals surface area contributed by atoms with E-state index < -0.39 is 11.7 Å². The molecular weight excluding hydrogens is 459 g/mol. The van der Waals surface area contributed by atoms with Crippen molar-refractivity contribution < 1.29 is 18.7 Å². The zero-order valence-corrected chi connectivity index (χ0v) is 20.8. The minimum Gasteiger partial charge on any atom is -0.495 e. The van der Waals surface area contributed by atoms with Gasteiger partial charge in [-0.3, -0.25) is 9.59 Å². The number of ether oxygens (including phenoxy) is 1. The van der Waals surface area contributed by atoms with Gasteiger partial charge in [0.05, 0.1) is 18.4 Å². The van der Waals surface area contributed by atoms with Crippen LogP contribution in [-0.4, -0.2) is 51.1 Å². The summed E-state index contributed by atoms with van der Waals surface area (Å²) in [5.41, 5.74) is 3.00. The maximum Gasteiger partial charge on any atom is 0.255 e. The summed E-state index contributed by atoms with van der Waals surface area (Å²) < 4.78 is 19.1. The number of amides is 2. The number of carbonyl (C=O) groups is 2. The second-order valence-corrected chi connectivity index (χ2v) is 8.97. The molecule has 2 amide bonds. The number of anilines is 3. The highest BCUT2D eigenvalue weighted by atomic mass is 19.1. The molecule has 0 spiro atoms. The molecule has 7 nitrogen and oxygen atoms in total. The van der Waals surface area contributed by atoms with Crippen LogP contribution in [0.1, 0.15) is 34.6 Å². The average molecular weight is 491 g/mol. The molecule has 188 valence electrons. The minimum absolute atomic E-state index is 0.0433. The lowest BCUT2D eigenvalue weighted by molar-refractivity contribution is 0.0942. The fourth-order valence-electron chi connectivity index (χ4n) is 4.32. The van der Waals surface area contributed by atoms with E-state index in [-0.39, 0.29) is 17.5 Å². The number of hydrogen-bond donors (Lipinski definition) is 2. The number of nitrogens with one attached hydrogen (secondary N) is 2. The van der Waals surface area contributed by atoms with Crippen molar-refractivity contribution in [1.29, 1.82) is 0 Å². The molecule has 3 aromatic carbocycles. The van der Waals surface area contributed by atoms with Crippen molar-refractivity contribution in [2.45, 2.75) is 19.9 Å². The SMILES string of the molecule is COc1ccccc1N1CCN(c2ccc(NC(=O)c3cccc(F)c3)cc2C(=O)NC(C)C)CC1. The topological polar surface area (TPSA) is 73.9 Å². The van der Waals surface area contributed by atoms with Crippen LogP contribution in [0.5, 0.6) is 5.75 Å². The molecule has 1 heterocycles. The summed E-state index contributed by atoms with van der Waals surface area (Å²) >= 11 is 0. The van der Waals surface area contributed by atoms with Crippen LogP contribution < -0.4 is 25.2 Å². The Hall–Kier alpha value is -4.07. The zero-order chi connectivity index (χ0) is 25.7. The van der Waals surface area contributed by atoms with Gasteiger partial charge in [0.15, 0.2) is 0 Å². The van der Waals surface area contributed by atoms with Crippen molar-refractivity contribution in [1.82, 2.24) is 5.32 Å². The quantitative estimate of drug-likeness (QED) is 0.508. The largest absolute Gasteiger partial charge is 0.495 e. The van der Waals surface area contributed by atoms with Crippen LogP contribution in [0.2, 0.25) is 0 Å². The van der Waals surface area contributed by atoms with Gasteiger partial charge in [-0.05, 0) is 62.4 Å². The Balaban J connectivity index is 1.55. The Morgan fingerprint density at radius 1 is 0.861 bits per heavy atom. The van der Waals surface area contributed by atoms with Crippen molar-refractivity contribution in [3.8, 4) is 5.75 Å². The molecular formula is C28H31FN4O3. The third-order valence-corrected chi connectivity index (χ3v) is 6.05. The molecule has 1 aliphatic heterocycles. The molecule has 4 rings (SSSR count). The van der Waals surface area contributed by atoms with Crippen LogP contribution in [0.15, 0.2) is 66.7 Å².